The predicted octanol–water partition coefficient (Wildman–Crippen LogP) is -3.90. The molecular formula is C53H86O24. The van der Waals surface area contributed by atoms with Gasteiger partial charge in [0.2, 0.25) is 0 Å². The summed E-state index contributed by atoms with van der Waals surface area (Å²) in [5.74, 6) is -0.991. The summed E-state index contributed by atoms with van der Waals surface area (Å²) in [5.41, 5.74) is -3.23. The smallest absolute Gasteiger partial charge is 0.312 e. The van der Waals surface area contributed by atoms with Gasteiger partial charge in [-0.2, -0.15) is 0 Å². The second kappa shape index (κ2) is 22.7. The van der Waals surface area contributed by atoms with E-state index in [9.17, 15) is 86.5 Å². The van der Waals surface area contributed by atoms with Crippen LogP contribution in [-0.4, -0.2) is 250 Å². The van der Waals surface area contributed by atoms with E-state index in [0.29, 0.717) is 32.1 Å². The first kappa shape index (κ1) is 61.1. The summed E-state index contributed by atoms with van der Waals surface area (Å²) in [5, 5.41) is 171. The van der Waals surface area contributed by atoms with Crippen molar-refractivity contribution in [2.24, 2.45) is 44.3 Å². The zero-order valence-corrected chi connectivity index (χ0v) is 44.7. The van der Waals surface area contributed by atoms with Crippen molar-refractivity contribution in [3.63, 3.8) is 0 Å². The number of aliphatic hydroxyl groups is 16. The van der Waals surface area contributed by atoms with E-state index in [0.717, 1.165) is 11.1 Å². The highest BCUT2D eigenvalue weighted by Gasteiger charge is 2.69. The van der Waals surface area contributed by atoms with Gasteiger partial charge >= 0.3 is 5.97 Å². The second-order valence-corrected chi connectivity index (χ2v) is 24.9. The van der Waals surface area contributed by atoms with E-state index < -0.39 is 188 Å². The van der Waals surface area contributed by atoms with Gasteiger partial charge < -0.3 is 115 Å². The van der Waals surface area contributed by atoms with E-state index in [1.165, 1.54) is 0 Å². The van der Waals surface area contributed by atoms with E-state index in [2.05, 4.69) is 32.9 Å². The van der Waals surface area contributed by atoms with Crippen LogP contribution in [-0.2, 0) is 38.0 Å². The molecule has 24 nitrogen and oxygen atoms in total. The van der Waals surface area contributed by atoms with Gasteiger partial charge in [0.05, 0.1) is 56.8 Å². The van der Waals surface area contributed by atoms with Crippen LogP contribution in [0.25, 0.3) is 0 Å². The lowest BCUT2D eigenvalue weighted by molar-refractivity contribution is -0.367. The third-order valence-electron chi connectivity index (χ3n) is 20.6. The fraction of sp³-hybridized carbons (Fsp3) is 0.906. The number of hydrogen-bond donors (Lipinski definition) is 16. The fourth-order valence-corrected chi connectivity index (χ4v) is 15.3. The average molecular weight is 1110 g/mol. The van der Waals surface area contributed by atoms with Crippen LogP contribution >= 0.6 is 0 Å². The topological polar surface area (TPSA) is 405 Å². The second-order valence-electron chi connectivity index (χ2n) is 24.9. The van der Waals surface area contributed by atoms with Crippen LogP contribution in [0, 0.1) is 44.3 Å². The molecule has 442 valence electrons. The van der Waals surface area contributed by atoms with Crippen molar-refractivity contribution >= 4 is 5.97 Å². The number of rotatable bonds is 16. The highest BCUT2D eigenvalue weighted by Crippen LogP contribution is 2.74. The molecule has 0 spiro atoms. The Hall–Kier alpha value is -1.93. The number of carbonyl (C=O) groups is 1. The first-order valence-electron chi connectivity index (χ1n) is 27.2. The zero-order valence-electron chi connectivity index (χ0n) is 44.7. The quantitative estimate of drug-likeness (QED) is 0.0519. The number of ether oxygens (including phenoxy) is 7. The van der Waals surface area contributed by atoms with Crippen LogP contribution in [0.3, 0.4) is 0 Å². The Labute approximate surface area is 447 Å². The van der Waals surface area contributed by atoms with Crippen molar-refractivity contribution < 1.29 is 120 Å². The molecule has 0 bridgehead atoms. The third-order valence-corrected chi connectivity index (χ3v) is 20.6. The summed E-state index contributed by atoms with van der Waals surface area (Å²) in [6.45, 7) is 8.19. The van der Waals surface area contributed by atoms with Crippen molar-refractivity contribution in [2.75, 3.05) is 39.6 Å². The molecule has 3 aliphatic heterocycles. The summed E-state index contributed by atoms with van der Waals surface area (Å²) >= 11 is 0. The van der Waals surface area contributed by atoms with Crippen molar-refractivity contribution in [3.8, 4) is 0 Å². The maximum atomic E-state index is 14.1. The van der Waals surface area contributed by atoms with E-state index in [1.807, 2.05) is 6.92 Å². The molecule has 16 N–H and O–H groups in total. The molecule has 28 atom stereocenters. The predicted molar refractivity (Wildman–Crippen MR) is 262 cm³/mol. The van der Waals surface area contributed by atoms with Crippen molar-refractivity contribution in [1.82, 2.24) is 0 Å². The maximum absolute atomic E-state index is 14.1. The number of carbonyl (C=O) groups excluding carboxylic acids is 1. The van der Waals surface area contributed by atoms with Gasteiger partial charge in [-0.3, -0.25) is 4.79 Å². The minimum atomic E-state index is -1.93. The molecule has 3 saturated heterocycles. The standard InChI is InChI=1S/C53H86O24/c1-23-34(61)43(77-45-41(68)39(66)37(64)29(18-55)75-45)42(69)46(73-23)76-33-10-11-49(3)30(50(33,4)21-56)9-12-51(5)31(49)8-7-24-25-15-48(2,13-14-53(25,22-57)32(60)16-52(24,51)6)47(70)72-20-27(59)35(62)26(58)19-71-44-40(67)38(65)36(63)28(17-54)74-44/h7-8,23,26-46,54-69H,9-22H2,1-6H3/t23-,26?,27?,28+,29+,30?,31?,32+,33-,34+,35?,36+,37+,38-,39-,40+,41+,42+,43+,44+,45-,46-,48-,49-,50-,51+,52+,53+/m0/s1. The van der Waals surface area contributed by atoms with Crippen molar-refractivity contribution in [2.45, 2.75) is 216 Å². The molecule has 0 aromatic carbocycles. The number of esters is 1. The Morgan fingerprint density at radius 3 is 1.88 bits per heavy atom. The Morgan fingerprint density at radius 2 is 1.27 bits per heavy atom. The minimum absolute atomic E-state index is 0.0916. The third kappa shape index (κ3) is 10.1. The minimum Gasteiger partial charge on any atom is -0.462 e. The van der Waals surface area contributed by atoms with E-state index in [1.54, 1.807) is 13.8 Å². The molecule has 5 aliphatic carbocycles. The van der Waals surface area contributed by atoms with Crippen molar-refractivity contribution in [3.05, 3.63) is 23.3 Å². The lowest BCUT2D eigenvalue weighted by atomic mass is 9.35. The molecule has 6 fully saturated rings. The molecule has 0 amide bonds. The highest BCUT2D eigenvalue weighted by molar-refractivity contribution is 5.77. The van der Waals surface area contributed by atoms with E-state index in [-0.39, 0.29) is 44.3 Å². The van der Waals surface area contributed by atoms with Crippen LogP contribution in [0.4, 0.5) is 0 Å². The molecule has 3 saturated carbocycles. The van der Waals surface area contributed by atoms with E-state index >= 15 is 0 Å². The Balaban J connectivity index is 0.974. The monoisotopic (exact) mass is 1110 g/mol. The van der Waals surface area contributed by atoms with Gasteiger partial charge in [0.25, 0.3) is 0 Å². The van der Waals surface area contributed by atoms with Crippen molar-refractivity contribution in [1.29, 1.82) is 0 Å². The van der Waals surface area contributed by atoms with Crippen LogP contribution in [0.15, 0.2) is 23.3 Å². The van der Waals surface area contributed by atoms with Gasteiger partial charge in [0.1, 0.15) is 92.1 Å². The number of fused-ring (bicyclic) bond motifs is 6. The van der Waals surface area contributed by atoms with Gasteiger partial charge in [-0.25, -0.2) is 0 Å². The first-order chi connectivity index (χ1) is 36.1. The molecule has 24 heteroatoms. The molecule has 0 aromatic rings. The number of aliphatic hydroxyl groups excluding tert-OH is 16. The first-order valence-corrected chi connectivity index (χ1v) is 27.2. The van der Waals surface area contributed by atoms with Crippen LogP contribution in [0.2, 0.25) is 0 Å². The summed E-state index contributed by atoms with van der Waals surface area (Å²) in [6, 6.07) is 0. The lowest BCUT2D eigenvalue weighted by Gasteiger charge is -2.70. The number of allylic oxidation sites excluding steroid dienone is 3. The Kier molecular flexibility index (Phi) is 18.0. The Morgan fingerprint density at radius 1 is 0.675 bits per heavy atom. The molecule has 8 aliphatic rings. The molecule has 0 radical (unpaired) electrons. The molecule has 0 aromatic heterocycles. The normalized spacial score (nSPS) is 51.1. The number of hydrogen-bond acceptors (Lipinski definition) is 24. The SMILES string of the molecule is C[C@@H]1O[C@@H](O[C@H]2CC[C@@]3(C)C(CC[C@]4(C)C3C=CC3=C5C[C@@](C)(C(=O)OCC(O)C(O)C(O)CO[C@@H]6O[C@H](CO)[C@@H](O)[C@H](O)[C@H]6O)CC[C@]5(CO)[C@H](O)C[C@]34C)[C@]2(C)CO)[C@H](O)[C@H](O[C@@H]2O[C@H](CO)[C@@H](O)[C@H](O)[C@H]2O)[C@@H]1O. The fourth-order valence-electron chi connectivity index (χ4n) is 15.3. The summed E-state index contributed by atoms with van der Waals surface area (Å²) < 4.78 is 40.3. The lowest BCUT2D eigenvalue weighted by Crippen LogP contribution is -2.67. The molecule has 5 unspecified atom stereocenters. The molecule has 8 rings (SSSR count). The average Bonchev–Trinajstić information content (AvgIpc) is 3.55. The zero-order chi connectivity index (χ0) is 56.7. The summed E-state index contributed by atoms with van der Waals surface area (Å²) in [4.78, 5) is 14.1. The Bertz CT molecular complexity index is 2130. The largest absolute Gasteiger partial charge is 0.462 e. The molecule has 77 heavy (non-hydrogen) atoms. The van der Waals surface area contributed by atoms with Gasteiger partial charge in [0.15, 0.2) is 18.9 Å². The highest BCUT2D eigenvalue weighted by atomic mass is 16.7. The summed E-state index contributed by atoms with van der Waals surface area (Å²) in [6.07, 6.45) is -23.1. The van der Waals surface area contributed by atoms with E-state index in [4.69, 9.17) is 33.2 Å². The van der Waals surface area contributed by atoms with Gasteiger partial charge in [-0.05, 0) is 93.5 Å². The van der Waals surface area contributed by atoms with Crippen LogP contribution in [0.1, 0.15) is 92.9 Å². The van der Waals surface area contributed by atoms with Gasteiger partial charge in [-0.15, -0.1) is 0 Å². The van der Waals surface area contributed by atoms with Crippen LogP contribution in [0.5, 0.6) is 0 Å². The van der Waals surface area contributed by atoms with Gasteiger partial charge in [-0.1, -0.05) is 45.4 Å². The van der Waals surface area contributed by atoms with Crippen LogP contribution < -0.4 is 0 Å². The molecular weight excluding hydrogens is 1020 g/mol. The molecule has 3 heterocycles. The maximum Gasteiger partial charge on any atom is 0.312 e. The summed E-state index contributed by atoms with van der Waals surface area (Å²) in [7, 11) is 0. The van der Waals surface area contributed by atoms with Gasteiger partial charge in [0, 0.05) is 16.2 Å².